The molecule has 2 aromatic rings. The minimum absolute atomic E-state index is 0.184. The molecule has 3 N–H and O–H groups in total. The lowest BCUT2D eigenvalue weighted by atomic mass is 10.0. The van der Waals surface area contributed by atoms with Crippen molar-refractivity contribution in [2.24, 2.45) is 11.8 Å². The van der Waals surface area contributed by atoms with Gasteiger partial charge in [-0.25, -0.2) is 4.98 Å². The Morgan fingerprint density at radius 3 is 2.61 bits per heavy atom. The number of nitrogens with zero attached hydrogens (tertiary/aromatic N) is 4. The summed E-state index contributed by atoms with van der Waals surface area (Å²) >= 11 is 0. The molecular weight excluding hydrogens is 429 g/mol. The van der Waals surface area contributed by atoms with Crippen LogP contribution in [0.2, 0.25) is 0 Å². The third-order valence-corrected chi connectivity index (χ3v) is 7.97. The number of nitrogens with one attached hydrogen (secondary N) is 1. The van der Waals surface area contributed by atoms with Gasteiger partial charge in [0.15, 0.2) is 0 Å². The van der Waals surface area contributed by atoms with Gasteiger partial charge in [-0.2, -0.15) is 18.3 Å². The third kappa shape index (κ3) is 4.14. The number of nitrogens with two attached hydrogens (primary N) is 1. The van der Waals surface area contributed by atoms with E-state index in [4.69, 9.17) is 10.8 Å². The molecule has 0 bridgehead atoms. The van der Waals surface area contributed by atoms with Gasteiger partial charge in [-0.1, -0.05) is 6.92 Å². The van der Waals surface area contributed by atoms with E-state index in [-0.39, 0.29) is 6.04 Å². The van der Waals surface area contributed by atoms with Crippen LogP contribution in [0.3, 0.4) is 0 Å². The number of fused-ring (bicyclic) bond motifs is 1. The number of rotatable bonds is 5. The first-order chi connectivity index (χ1) is 15.7. The van der Waals surface area contributed by atoms with E-state index in [2.05, 4.69) is 36.0 Å². The second kappa shape index (κ2) is 8.27. The zero-order chi connectivity index (χ0) is 23.5. The third-order valence-electron chi connectivity index (χ3n) is 7.97. The van der Waals surface area contributed by atoms with Crippen LogP contribution < -0.4 is 11.1 Å². The maximum Gasteiger partial charge on any atom is 0.419 e. The highest BCUT2D eigenvalue weighted by molar-refractivity contribution is 5.63. The van der Waals surface area contributed by atoms with Gasteiger partial charge in [0.1, 0.15) is 5.82 Å². The van der Waals surface area contributed by atoms with Gasteiger partial charge in [0.05, 0.1) is 11.3 Å². The van der Waals surface area contributed by atoms with E-state index in [1.54, 1.807) is 0 Å². The smallest absolute Gasteiger partial charge is 0.383 e. The van der Waals surface area contributed by atoms with Crippen LogP contribution in [0.15, 0.2) is 18.3 Å². The molecule has 1 saturated heterocycles. The number of aromatic nitrogens is 3. The fraction of sp³-hybridized carbons (Fsp3) is 0.667. The van der Waals surface area contributed by atoms with Crippen LogP contribution in [0.1, 0.15) is 63.3 Å². The SMILES string of the molecule is CCC(C)n1nc(-c2cnc(N)c(C(F)(F)F)c2)cc1[C@H]1[C@@H]2C[C@H](N3CCN[C@@H](C)C3)C[C@@H]21. The van der Waals surface area contributed by atoms with Crippen LogP contribution in [-0.2, 0) is 6.18 Å². The highest BCUT2D eigenvalue weighted by Gasteiger charge is 2.58. The lowest BCUT2D eigenvalue weighted by Crippen LogP contribution is -2.52. The molecule has 2 aliphatic carbocycles. The Morgan fingerprint density at radius 1 is 1.24 bits per heavy atom. The molecule has 0 amide bonds. The standard InChI is InChI=1S/C24H33F3N6/c1-4-14(3)33-21(10-20(31-33)15-7-19(24(25,26)27)23(28)30-11-15)22-17-8-16(9-18(17)22)32-6-5-29-13(2)12-32/h7,10-11,13-14,16-18,22,29H,4-6,8-9,12H2,1-3H3,(H2,28,30)/t13-,14?,16-,17+,18-,22-/m0/s1. The summed E-state index contributed by atoms with van der Waals surface area (Å²) in [7, 11) is 0. The monoisotopic (exact) mass is 462 g/mol. The predicted octanol–water partition coefficient (Wildman–Crippen LogP) is 4.30. The maximum absolute atomic E-state index is 13.4. The number of hydrogen-bond donors (Lipinski definition) is 2. The molecule has 2 saturated carbocycles. The Kier molecular flexibility index (Phi) is 5.68. The minimum atomic E-state index is -4.54. The number of halogens is 3. The van der Waals surface area contributed by atoms with Crippen LogP contribution in [-0.4, -0.2) is 51.4 Å². The second-order valence-electron chi connectivity index (χ2n) is 10.1. The molecule has 0 spiro atoms. The minimum Gasteiger partial charge on any atom is -0.383 e. The van der Waals surface area contributed by atoms with Crippen LogP contribution in [0.5, 0.6) is 0 Å². The highest BCUT2D eigenvalue weighted by Crippen LogP contribution is 2.64. The van der Waals surface area contributed by atoms with Gasteiger partial charge in [-0.3, -0.25) is 9.58 Å². The van der Waals surface area contributed by atoms with Crippen molar-refractivity contribution in [1.29, 1.82) is 0 Å². The van der Waals surface area contributed by atoms with E-state index in [0.29, 0.717) is 41.1 Å². The van der Waals surface area contributed by atoms with Gasteiger partial charge in [-0.05, 0) is 57.1 Å². The molecule has 3 aliphatic rings. The Bertz CT molecular complexity index is 1010. The van der Waals surface area contributed by atoms with Gasteiger partial charge in [0.25, 0.3) is 0 Å². The van der Waals surface area contributed by atoms with Crippen LogP contribution in [0.25, 0.3) is 11.3 Å². The molecule has 9 heteroatoms. The molecule has 6 nitrogen and oxygen atoms in total. The van der Waals surface area contributed by atoms with Crippen molar-refractivity contribution < 1.29 is 13.2 Å². The fourth-order valence-electron chi connectivity index (χ4n) is 6.01. The Labute approximate surface area is 192 Å². The van der Waals surface area contributed by atoms with Gasteiger partial charge in [0.2, 0.25) is 0 Å². The van der Waals surface area contributed by atoms with Crippen LogP contribution in [0.4, 0.5) is 19.0 Å². The van der Waals surface area contributed by atoms with Crippen molar-refractivity contribution >= 4 is 5.82 Å². The predicted molar refractivity (Wildman–Crippen MR) is 122 cm³/mol. The average Bonchev–Trinajstić information content (AvgIpc) is 3.12. The number of anilines is 1. The molecule has 5 rings (SSSR count). The van der Waals surface area contributed by atoms with Gasteiger partial charge in [-0.15, -0.1) is 0 Å². The van der Waals surface area contributed by atoms with E-state index in [1.807, 2.05) is 10.7 Å². The first-order valence-corrected chi connectivity index (χ1v) is 12.1. The van der Waals surface area contributed by atoms with Crippen LogP contribution in [0, 0.1) is 11.8 Å². The van der Waals surface area contributed by atoms with Crippen molar-refractivity contribution in [2.75, 3.05) is 25.4 Å². The second-order valence-corrected chi connectivity index (χ2v) is 10.1. The Morgan fingerprint density at radius 2 is 1.97 bits per heavy atom. The van der Waals surface area contributed by atoms with Crippen molar-refractivity contribution in [1.82, 2.24) is 25.0 Å². The molecule has 33 heavy (non-hydrogen) atoms. The van der Waals surface area contributed by atoms with Crippen molar-refractivity contribution in [2.45, 2.75) is 70.3 Å². The number of pyridine rings is 1. The van der Waals surface area contributed by atoms with Crippen molar-refractivity contribution in [3.63, 3.8) is 0 Å². The summed E-state index contributed by atoms with van der Waals surface area (Å²) in [5.74, 6) is 1.23. The van der Waals surface area contributed by atoms with E-state index < -0.39 is 17.6 Å². The number of alkyl halides is 3. The van der Waals surface area contributed by atoms with E-state index in [0.717, 1.165) is 37.8 Å². The molecule has 0 aromatic carbocycles. The van der Waals surface area contributed by atoms with Crippen molar-refractivity contribution in [3.8, 4) is 11.3 Å². The van der Waals surface area contributed by atoms with Crippen molar-refractivity contribution in [3.05, 3.63) is 29.6 Å². The Balaban J connectivity index is 1.39. The first kappa shape index (κ1) is 22.7. The average molecular weight is 463 g/mol. The molecule has 0 radical (unpaired) electrons. The zero-order valence-corrected chi connectivity index (χ0v) is 19.4. The molecule has 2 aromatic heterocycles. The molecular formula is C24H33F3N6. The number of hydrogen-bond acceptors (Lipinski definition) is 5. The zero-order valence-electron chi connectivity index (χ0n) is 19.4. The topological polar surface area (TPSA) is 72.0 Å². The number of nitrogen functional groups attached to an aromatic ring is 1. The number of piperazine rings is 1. The summed E-state index contributed by atoms with van der Waals surface area (Å²) in [5, 5.41) is 8.28. The largest absolute Gasteiger partial charge is 0.419 e. The molecule has 1 aliphatic heterocycles. The molecule has 6 atom stereocenters. The summed E-state index contributed by atoms with van der Waals surface area (Å²) in [5.41, 5.74) is 6.65. The fourth-order valence-corrected chi connectivity index (χ4v) is 6.01. The lowest BCUT2D eigenvalue weighted by Gasteiger charge is -2.37. The maximum atomic E-state index is 13.4. The normalized spacial score (nSPS) is 30.9. The van der Waals surface area contributed by atoms with Crippen LogP contribution >= 0.6 is 0 Å². The summed E-state index contributed by atoms with van der Waals surface area (Å²) in [6.07, 6.45) is 0.160. The van der Waals surface area contributed by atoms with Gasteiger partial charge in [0, 0.05) is 61.1 Å². The highest BCUT2D eigenvalue weighted by atomic mass is 19.4. The van der Waals surface area contributed by atoms with E-state index in [1.165, 1.54) is 19.0 Å². The quantitative estimate of drug-likeness (QED) is 0.693. The summed E-state index contributed by atoms with van der Waals surface area (Å²) in [6, 6.07) is 4.44. The molecule has 3 heterocycles. The van der Waals surface area contributed by atoms with Gasteiger partial charge < -0.3 is 11.1 Å². The molecule has 3 fully saturated rings. The van der Waals surface area contributed by atoms with Gasteiger partial charge >= 0.3 is 6.18 Å². The van der Waals surface area contributed by atoms with E-state index in [9.17, 15) is 13.2 Å². The Hall–Kier alpha value is -2.13. The summed E-state index contributed by atoms with van der Waals surface area (Å²) in [6.45, 7) is 9.74. The lowest BCUT2D eigenvalue weighted by molar-refractivity contribution is -0.137. The summed E-state index contributed by atoms with van der Waals surface area (Å²) in [4.78, 5) is 6.45. The summed E-state index contributed by atoms with van der Waals surface area (Å²) < 4.78 is 42.1. The molecule has 1 unspecified atom stereocenters. The van der Waals surface area contributed by atoms with E-state index >= 15 is 0 Å². The first-order valence-electron chi connectivity index (χ1n) is 12.1. The molecule has 180 valence electrons.